The summed E-state index contributed by atoms with van der Waals surface area (Å²) in [7, 11) is 3.97. The van der Waals surface area contributed by atoms with Gasteiger partial charge in [0.2, 0.25) is 0 Å². The Morgan fingerprint density at radius 1 is 1.31 bits per heavy atom. The molecular weight excluding hydrogens is 200 g/mol. The van der Waals surface area contributed by atoms with Gasteiger partial charge < -0.3 is 5.32 Å². The SMILES string of the molecule is CNC(c1cnnn1C)C1C(C)(C)C1(C)C. The minimum absolute atomic E-state index is 0.338. The Morgan fingerprint density at radius 3 is 2.19 bits per heavy atom. The smallest absolute Gasteiger partial charge is 0.0756 e. The molecule has 1 saturated carbocycles. The van der Waals surface area contributed by atoms with Gasteiger partial charge in [-0.15, -0.1) is 5.10 Å². The predicted molar refractivity (Wildman–Crippen MR) is 63.9 cm³/mol. The fourth-order valence-corrected chi connectivity index (χ4v) is 3.15. The van der Waals surface area contributed by atoms with Gasteiger partial charge in [0.1, 0.15) is 0 Å². The first-order valence-corrected chi connectivity index (χ1v) is 5.86. The molecule has 1 N–H and O–H groups in total. The molecule has 1 atom stereocenters. The van der Waals surface area contributed by atoms with Crippen molar-refractivity contribution in [3.63, 3.8) is 0 Å². The van der Waals surface area contributed by atoms with Gasteiger partial charge in [-0.05, 0) is 23.8 Å². The molecule has 0 aromatic carbocycles. The molecule has 0 bridgehead atoms. The zero-order chi connectivity index (χ0) is 12.1. The monoisotopic (exact) mass is 222 g/mol. The first kappa shape index (κ1) is 11.6. The highest BCUT2D eigenvalue weighted by atomic mass is 15.4. The molecule has 16 heavy (non-hydrogen) atoms. The molecule has 4 heteroatoms. The van der Waals surface area contributed by atoms with E-state index in [1.165, 1.54) is 5.69 Å². The molecule has 1 aromatic heterocycles. The summed E-state index contributed by atoms with van der Waals surface area (Å²) >= 11 is 0. The Hall–Kier alpha value is -0.900. The van der Waals surface area contributed by atoms with Crippen LogP contribution in [-0.4, -0.2) is 22.0 Å². The fraction of sp³-hybridized carbons (Fsp3) is 0.833. The van der Waals surface area contributed by atoms with Crippen molar-refractivity contribution in [2.75, 3.05) is 7.05 Å². The van der Waals surface area contributed by atoms with E-state index in [1.807, 2.05) is 25.0 Å². The van der Waals surface area contributed by atoms with Gasteiger partial charge in [0.15, 0.2) is 0 Å². The summed E-state index contributed by atoms with van der Waals surface area (Å²) in [6.07, 6.45) is 1.87. The fourth-order valence-electron chi connectivity index (χ4n) is 3.15. The largest absolute Gasteiger partial charge is 0.311 e. The molecule has 0 aliphatic heterocycles. The van der Waals surface area contributed by atoms with Gasteiger partial charge in [-0.25, -0.2) is 0 Å². The zero-order valence-electron chi connectivity index (χ0n) is 11.1. The molecule has 0 saturated heterocycles. The number of nitrogens with one attached hydrogen (secondary N) is 1. The highest BCUT2D eigenvalue weighted by Crippen LogP contribution is 2.72. The summed E-state index contributed by atoms with van der Waals surface area (Å²) < 4.78 is 1.87. The lowest BCUT2D eigenvalue weighted by molar-refractivity contribution is 0.414. The van der Waals surface area contributed by atoms with Crippen LogP contribution >= 0.6 is 0 Å². The molecular formula is C12H22N4. The summed E-state index contributed by atoms with van der Waals surface area (Å²) in [5, 5.41) is 11.4. The van der Waals surface area contributed by atoms with Crippen LogP contribution in [0.5, 0.6) is 0 Å². The number of hydrogen-bond donors (Lipinski definition) is 1. The van der Waals surface area contributed by atoms with Crippen LogP contribution in [0.2, 0.25) is 0 Å². The van der Waals surface area contributed by atoms with Gasteiger partial charge in [-0.1, -0.05) is 32.9 Å². The van der Waals surface area contributed by atoms with Crippen LogP contribution in [0.4, 0.5) is 0 Å². The number of hydrogen-bond acceptors (Lipinski definition) is 3. The van der Waals surface area contributed by atoms with Gasteiger partial charge >= 0.3 is 0 Å². The number of rotatable bonds is 3. The summed E-state index contributed by atoms with van der Waals surface area (Å²) in [5.41, 5.74) is 1.90. The molecule has 0 radical (unpaired) electrons. The third-order valence-corrected chi connectivity index (χ3v) is 4.84. The van der Waals surface area contributed by atoms with Crippen molar-refractivity contribution in [1.29, 1.82) is 0 Å². The van der Waals surface area contributed by atoms with Crippen LogP contribution in [0.15, 0.2) is 6.20 Å². The van der Waals surface area contributed by atoms with E-state index in [-0.39, 0.29) is 0 Å². The van der Waals surface area contributed by atoms with Crippen molar-refractivity contribution in [1.82, 2.24) is 20.3 Å². The van der Waals surface area contributed by atoms with E-state index in [9.17, 15) is 0 Å². The molecule has 1 aliphatic carbocycles. The molecule has 1 fully saturated rings. The minimum atomic E-state index is 0.338. The predicted octanol–water partition coefficient (Wildman–Crippen LogP) is 1.76. The standard InChI is InChI=1S/C12H22N4/c1-11(2)10(12(11,3)4)9(13-5)8-7-14-15-16(8)6/h7,9-10,13H,1-6H3. The minimum Gasteiger partial charge on any atom is -0.311 e. The van der Waals surface area contributed by atoms with Crippen molar-refractivity contribution in [2.24, 2.45) is 23.8 Å². The second-order valence-electron chi connectivity index (χ2n) is 5.97. The summed E-state index contributed by atoms with van der Waals surface area (Å²) in [6.45, 7) is 9.36. The average molecular weight is 222 g/mol. The number of aromatic nitrogens is 3. The number of aryl methyl sites for hydroxylation is 1. The molecule has 2 rings (SSSR count). The van der Waals surface area contributed by atoms with Crippen LogP contribution in [-0.2, 0) is 7.05 Å². The van der Waals surface area contributed by atoms with E-state index < -0.39 is 0 Å². The Morgan fingerprint density at radius 2 is 1.88 bits per heavy atom. The van der Waals surface area contributed by atoms with Gasteiger partial charge in [0.25, 0.3) is 0 Å². The Kier molecular flexibility index (Phi) is 2.38. The molecule has 1 aromatic rings. The molecule has 4 nitrogen and oxygen atoms in total. The Labute approximate surface area is 97.4 Å². The van der Waals surface area contributed by atoms with Crippen molar-refractivity contribution < 1.29 is 0 Å². The van der Waals surface area contributed by atoms with Crippen molar-refractivity contribution >= 4 is 0 Å². The first-order chi connectivity index (χ1) is 7.34. The van der Waals surface area contributed by atoms with E-state index in [1.54, 1.807) is 0 Å². The highest BCUT2D eigenvalue weighted by Gasteiger charge is 2.67. The van der Waals surface area contributed by atoms with Crippen molar-refractivity contribution in [3.8, 4) is 0 Å². The molecule has 0 spiro atoms. The summed E-state index contributed by atoms with van der Waals surface area (Å²) in [5.74, 6) is 0.627. The van der Waals surface area contributed by atoms with Gasteiger partial charge in [-0.3, -0.25) is 4.68 Å². The third-order valence-electron chi connectivity index (χ3n) is 4.84. The summed E-state index contributed by atoms with van der Waals surface area (Å²) in [4.78, 5) is 0. The first-order valence-electron chi connectivity index (χ1n) is 5.86. The maximum atomic E-state index is 4.02. The third kappa shape index (κ3) is 1.32. The maximum absolute atomic E-state index is 4.02. The van der Waals surface area contributed by atoms with E-state index >= 15 is 0 Å². The second-order valence-corrected chi connectivity index (χ2v) is 5.97. The van der Waals surface area contributed by atoms with E-state index in [0.717, 1.165) is 0 Å². The normalized spacial score (nSPS) is 24.4. The van der Waals surface area contributed by atoms with Crippen LogP contribution in [0.1, 0.15) is 39.4 Å². The molecule has 90 valence electrons. The van der Waals surface area contributed by atoms with Gasteiger partial charge in [0.05, 0.1) is 17.9 Å². The topological polar surface area (TPSA) is 42.7 Å². The van der Waals surface area contributed by atoms with Crippen molar-refractivity contribution in [2.45, 2.75) is 33.7 Å². The number of nitrogens with zero attached hydrogens (tertiary/aromatic N) is 3. The molecule has 1 aliphatic rings. The molecule has 0 amide bonds. The van der Waals surface area contributed by atoms with E-state index in [4.69, 9.17) is 0 Å². The van der Waals surface area contributed by atoms with Crippen molar-refractivity contribution in [3.05, 3.63) is 11.9 Å². The Balaban J connectivity index is 2.31. The Bertz CT molecular complexity index is 377. The van der Waals surface area contributed by atoms with E-state index in [2.05, 4.69) is 43.3 Å². The van der Waals surface area contributed by atoms with Gasteiger partial charge in [0, 0.05) is 7.05 Å². The summed E-state index contributed by atoms with van der Waals surface area (Å²) in [6, 6.07) is 0.338. The quantitative estimate of drug-likeness (QED) is 0.847. The lowest BCUT2D eigenvalue weighted by atomic mass is 10.0. The van der Waals surface area contributed by atoms with Crippen LogP contribution < -0.4 is 5.32 Å². The lowest BCUT2D eigenvalue weighted by Crippen LogP contribution is -2.24. The maximum Gasteiger partial charge on any atom is 0.0756 e. The molecule has 1 heterocycles. The lowest BCUT2D eigenvalue weighted by Gasteiger charge is -2.18. The highest BCUT2D eigenvalue weighted by molar-refractivity contribution is 5.21. The van der Waals surface area contributed by atoms with Crippen LogP contribution in [0.3, 0.4) is 0 Å². The second kappa shape index (κ2) is 3.29. The van der Waals surface area contributed by atoms with Crippen LogP contribution in [0, 0.1) is 16.7 Å². The average Bonchev–Trinajstić information content (AvgIpc) is 2.54. The van der Waals surface area contributed by atoms with E-state index in [0.29, 0.717) is 22.8 Å². The molecule has 1 unspecified atom stereocenters. The van der Waals surface area contributed by atoms with Gasteiger partial charge in [-0.2, -0.15) is 0 Å². The zero-order valence-corrected chi connectivity index (χ0v) is 11.1. The van der Waals surface area contributed by atoms with Crippen LogP contribution in [0.25, 0.3) is 0 Å².